The predicted octanol–water partition coefficient (Wildman–Crippen LogP) is 2.43. The Balaban J connectivity index is 1.95. The Labute approximate surface area is 151 Å². The van der Waals surface area contributed by atoms with Crippen molar-refractivity contribution in [3.63, 3.8) is 0 Å². The molecule has 1 aliphatic heterocycles. The first-order valence-corrected chi connectivity index (χ1v) is 8.02. The first kappa shape index (κ1) is 17.6. The molecule has 26 heavy (non-hydrogen) atoms. The summed E-state index contributed by atoms with van der Waals surface area (Å²) >= 11 is 0. The minimum atomic E-state index is -0.204. The van der Waals surface area contributed by atoms with E-state index in [1.807, 2.05) is 30.3 Å². The van der Waals surface area contributed by atoms with E-state index in [0.29, 0.717) is 35.3 Å². The van der Waals surface area contributed by atoms with Gasteiger partial charge in [0.25, 0.3) is 5.91 Å². The molecule has 0 bridgehead atoms. The smallest absolute Gasteiger partial charge is 0.281 e. The van der Waals surface area contributed by atoms with E-state index >= 15 is 0 Å². The van der Waals surface area contributed by atoms with E-state index in [2.05, 4.69) is 5.10 Å². The Morgan fingerprint density at radius 1 is 1.04 bits per heavy atom. The standard InChI is InChI=1S/C19H20N2O5/c1-23-15-9-14(10-16(24-2)18(15)25-3)19-20-21(17(22)12-26-19)11-13-7-5-4-6-8-13/h4-10H,11-12H2,1-3H3. The van der Waals surface area contributed by atoms with Crippen LogP contribution in [-0.2, 0) is 16.1 Å². The lowest BCUT2D eigenvalue weighted by molar-refractivity contribution is -0.136. The summed E-state index contributed by atoms with van der Waals surface area (Å²) in [5.74, 6) is 1.57. The Bertz CT molecular complexity index is 795. The van der Waals surface area contributed by atoms with Gasteiger partial charge in [-0.25, -0.2) is 5.01 Å². The third kappa shape index (κ3) is 3.56. The number of methoxy groups -OCH3 is 3. The molecule has 0 fully saturated rings. The van der Waals surface area contributed by atoms with Crippen molar-refractivity contribution in [3.8, 4) is 17.2 Å². The van der Waals surface area contributed by atoms with Gasteiger partial charge in [-0.1, -0.05) is 30.3 Å². The summed E-state index contributed by atoms with van der Waals surface area (Å²) in [4.78, 5) is 12.1. The van der Waals surface area contributed by atoms with E-state index in [1.165, 1.54) is 26.3 Å². The summed E-state index contributed by atoms with van der Waals surface area (Å²) in [6.45, 7) is 0.291. The highest BCUT2D eigenvalue weighted by Crippen LogP contribution is 2.38. The molecule has 7 nitrogen and oxygen atoms in total. The van der Waals surface area contributed by atoms with Crippen molar-refractivity contribution < 1.29 is 23.7 Å². The van der Waals surface area contributed by atoms with Gasteiger partial charge >= 0.3 is 0 Å². The molecule has 1 amide bonds. The second-order valence-corrected chi connectivity index (χ2v) is 5.54. The van der Waals surface area contributed by atoms with Crippen LogP contribution < -0.4 is 14.2 Å². The van der Waals surface area contributed by atoms with E-state index in [9.17, 15) is 4.79 Å². The average molecular weight is 356 g/mol. The number of amides is 1. The first-order valence-electron chi connectivity index (χ1n) is 8.02. The SMILES string of the molecule is COc1cc(C2=NN(Cc3ccccc3)C(=O)CO2)cc(OC)c1OC. The van der Waals surface area contributed by atoms with Gasteiger partial charge in [0.1, 0.15) is 0 Å². The monoisotopic (exact) mass is 356 g/mol. The minimum Gasteiger partial charge on any atom is -0.493 e. The number of ether oxygens (including phenoxy) is 4. The number of nitrogens with zero attached hydrogens (tertiary/aromatic N) is 2. The Kier molecular flexibility index (Phi) is 5.26. The lowest BCUT2D eigenvalue weighted by atomic mass is 10.1. The number of benzene rings is 2. The molecule has 0 saturated heterocycles. The van der Waals surface area contributed by atoms with Crippen LogP contribution in [0.4, 0.5) is 0 Å². The zero-order chi connectivity index (χ0) is 18.5. The Morgan fingerprint density at radius 3 is 2.27 bits per heavy atom. The van der Waals surface area contributed by atoms with Gasteiger partial charge in [-0.05, 0) is 17.7 Å². The summed E-state index contributed by atoms with van der Waals surface area (Å²) < 4.78 is 21.6. The van der Waals surface area contributed by atoms with Gasteiger partial charge in [0, 0.05) is 5.56 Å². The van der Waals surface area contributed by atoms with Gasteiger partial charge in [-0.15, -0.1) is 5.10 Å². The van der Waals surface area contributed by atoms with Crippen molar-refractivity contribution in [2.75, 3.05) is 27.9 Å². The maximum absolute atomic E-state index is 12.1. The maximum atomic E-state index is 12.1. The van der Waals surface area contributed by atoms with E-state index in [4.69, 9.17) is 18.9 Å². The summed E-state index contributed by atoms with van der Waals surface area (Å²) in [6.07, 6.45) is 0. The predicted molar refractivity (Wildman–Crippen MR) is 95.6 cm³/mol. The minimum absolute atomic E-state index is 0.0810. The van der Waals surface area contributed by atoms with Gasteiger partial charge in [0.15, 0.2) is 18.1 Å². The molecule has 0 spiro atoms. The van der Waals surface area contributed by atoms with E-state index in [0.717, 1.165) is 5.56 Å². The van der Waals surface area contributed by atoms with Crippen molar-refractivity contribution in [1.29, 1.82) is 0 Å². The molecule has 0 unspecified atom stereocenters. The molecule has 0 radical (unpaired) electrons. The van der Waals surface area contributed by atoms with E-state index in [1.54, 1.807) is 12.1 Å². The van der Waals surface area contributed by atoms with Crippen LogP contribution in [0.15, 0.2) is 47.6 Å². The zero-order valence-corrected chi connectivity index (χ0v) is 14.9. The fourth-order valence-electron chi connectivity index (χ4n) is 2.62. The zero-order valence-electron chi connectivity index (χ0n) is 14.9. The lowest BCUT2D eigenvalue weighted by Gasteiger charge is -2.24. The summed E-state index contributed by atoms with van der Waals surface area (Å²) in [5, 5.41) is 5.76. The third-order valence-corrected chi connectivity index (χ3v) is 3.92. The molecule has 2 aromatic carbocycles. The van der Waals surface area contributed by atoms with Crippen LogP contribution in [0.3, 0.4) is 0 Å². The van der Waals surface area contributed by atoms with Crippen LogP contribution in [0.1, 0.15) is 11.1 Å². The number of carbonyl (C=O) groups excluding carboxylic acids is 1. The van der Waals surface area contributed by atoms with Gasteiger partial charge in [0.05, 0.1) is 27.9 Å². The summed E-state index contributed by atoms with van der Waals surface area (Å²) in [5.41, 5.74) is 1.61. The fraction of sp³-hybridized carbons (Fsp3) is 0.263. The highest BCUT2D eigenvalue weighted by molar-refractivity contribution is 5.99. The lowest BCUT2D eigenvalue weighted by Crippen LogP contribution is -2.36. The average Bonchev–Trinajstić information content (AvgIpc) is 2.69. The first-order chi connectivity index (χ1) is 12.7. The van der Waals surface area contributed by atoms with Crippen LogP contribution in [0.2, 0.25) is 0 Å². The Morgan fingerprint density at radius 2 is 1.69 bits per heavy atom. The summed E-state index contributed by atoms with van der Waals surface area (Å²) in [7, 11) is 4.61. The van der Waals surface area contributed by atoms with Gasteiger partial charge < -0.3 is 18.9 Å². The highest BCUT2D eigenvalue weighted by Gasteiger charge is 2.25. The Hall–Kier alpha value is -3.22. The molecular formula is C19H20N2O5. The molecular weight excluding hydrogens is 336 g/mol. The van der Waals surface area contributed by atoms with Crippen LogP contribution in [0, 0.1) is 0 Å². The molecule has 0 saturated carbocycles. The summed E-state index contributed by atoms with van der Waals surface area (Å²) in [6, 6.07) is 13.1. The molecule has 0 atom stereocenters. The number of hydrazone groups is 1. The van der Waals surface area contributed by atoms with Crippen molar-refractivity contribution >= 4 is 11.8 Å². The molecule has 1 heterocycles. The van der Waals surface area contributed by atoms with Crippen molar-refractivity contribution in [1.82, 2.24) is 5.01 Å². The van der Waals surface area contributed by atoms with Crippen molar-refractivity contribution in [2.24, 2.45) is 5.10 Å². The van der Waals surface area contributed by atoms with Crippen LogP contribution in [-0.4, -0.2) is 44.8 Å². The van der Waals surface area contributed by atoms with E-state index in [-0.39, 0.29) is 12.5 Å². The molecule has 2 aromatic rings. The molecule has 136 valence electrons. The van der Waals surface area contributed by atoms with Gasteiger partial charge in [0.2, 0.25) is 11.6 Å². The van der Waals surface area contributed by atoms with Crippen LogP contribution >= 0.6 is 0 Å². The number of hydrogen-bond donors (Lipinski definition) is 0. The molecule has 1 aliphatic rings. The second kappa shape index (κ2) is 7.77. The fourth-order valence-corrected chi connectivity index (χ4v) is 2.62. The van der Waals surface area contributed by atoms with Crippen molar-refractivity contribution in [2.45, 2.75) is 6.54 Å². The largest absolute Gasteiger partial charge is 0.493 e. The number of rotatable bonds is 6. The highest BCUT2D eigenvalue weighted by atomic mass is 16.5. The molecule has 3 rings (SSSR count). The quantitative estimate of drug-likeness (QED) is 0.795. The number of carbonyl (C=O) groups is 1. The number of hydrogen-bond acceptors (Lipinski definition) is 6. The maximum Gasteiger partial charge on any atom is 0.281 e. The molecule has 0 N–H and O–H groups in total. The van der Waals surface area contributed by atoms with Crippen molar-refractivity contribution in [3.05, 3.63) is 53.6 Å². The van der Waals surface area contributed by atoms with Gasteiger partial charge in [-0.2, -0.15) is 0 Å². The molecule has 0 aliphatic carbocycles. The topological polar surface area (TPSA) is 69.6 Å². The van der Waals surface area contributed by atoms with Crippen LogP contribution in [0.5, 0.6) is 17.2 Å². The van der Waals surface area contributed by atoms with Crippen LogP contribution in [0.25, 0.3) is 0 Å². The molecule has 0 aromatic heterocycles. The normalized spacial score (nSPS) is 13.7. The molecule has 7 heteroatoms. The second-order valence-electron chi connectivity index (χ2n) is 5.54. The third-order valence-electron chi connectivity index (χ3n) is 3.92. The van der Waals surface area contributed by atoms with E-state index < -0.39 is 0 Å². The van der Waals surface area contributed by atoms with Gasteiger partial charge in [-0.3, -0.25) is 4.79 Å².